The van der Waals surface area contributed by atoms with Crippen molar-refractivity contribution in [1.82, 2.24) is 15.0 Å². The zero-order valence-electron chi connectivity index (χ0n) is 10.6. The van der Waals surface area contributed by atoms with Gasteiger partial charge in [-0.2, -0.15) is 0 Å². The third kappa shape index (κ3) is 3.28. The first-order valence-corrected chi connectivity index (χ1v) is 8.61. The van der Waals surface area contributed by atoms with Crippen LogP contribution in [0.1, 0.15) is 5.69 Å². The summed E-state index contributed by atoms with van der Waals surface area (Å²) in [5.41, 5.74) is 1.99. The Morgan fingerprint density at radius 1 is 1.00 bits per heavy atom. The molecule has 0 aliphatic carbocycles. The van der Waals surface area contributed by atoms with E-state index in [1.807, 2.05) is 36.5 Å². The number of nitrogens with zero attached hydrogens (tertiary/aromatic N) is 3. The summed E-state index contributed by atoms with van der Waals surface area (Å²) in [6.45, 7) is 0. The van der Waals surface area contributed by atoms with Crippen LogP contribution < -0.4 is 4.46 Å². The standard InChI is InChI=1S/C15H12ClN3Se/c16-12-6-8-14(9-7-12)19-10-13(17-18-19)11-20-15-4-2-1-3-5-15/h1-10H,11H2. The molecular formula is C15H12ClN3Se. The molecule has 0 saturated carbocycles. The summed E-state index contributed by atoms with van der Waals surface area (Å²) in [4.78, 5) is 0. The van der Waals surface area contributed by atoms with E-state index >= 15 is 0 Å². The van der Waals surface area contributed by atoms with E-state index in [0.29, 0.717) is 15.0 Å². The molecule has 0 fully saturated rings. The average Bonchev–Trinajstić information content (AvgIpc) is 2.96. The second-order valence-corrected chi connectivity index (χ2v) is 6.87. The minimum atomic E-state index is 0.391. The zero-order chi connectivity index (χ0) is 13.8. The van der Waals surface area contributed by atoms with Crippen LogP contribution in [0, 0.1) is 0 Å². The monoisotopic (exact) mass is 349 g/mol. The summed E-state index contributed by atoms with van der Waals surface area (Å²) in [7, 11) is 0. The summed E-state index contributed by atoms with van der Waals surface area (Å²) >= 11 is 6.27. The van der Waals surface area contributed by atoms with E-state index in [2.05, 4.69) is 34.6 Å². The molecule has 1 aromatic heterocycles. The van der Waals surface area contributed by atoms with E-state index in [1.54, 1.807) is 4.68 Å². The maximum atomic E-state index is 5.88. The van der Waals surface area contributed by atoms with Crippen LogP contribution in [0.15, 0.2) is 60.8 Å². The SMILES string of the molecule is Clc1ccc(-n2cc(C[Se]c3ccccc3)nn2)cc1. The molecule has 0 atom stereocenters. The van der Waals surface area contributed by atoms with Gasteiger partial charge in [-0.25, -0.2) is 0 Å². The van der Waals surface area contributed by atoms with E-state index in [-0.39, 0.29) is 0 Å². The normalized spacial score (nSPS) is 10.7. The van der Waals surface area contributed by atoms with Crippen molar-refractivity contribution in [3.63, 3.8) is 0 Å². The molecule has 0 radical (unpaired) electrons. The van der Waals surface area contributed by atoms with Crippen molar-refractivity contribution < 1.29 is 0 Å². The van der Waals surface area contributed by atoms with Gasteiger partial charge in [-0.3, -0.25) is 0 Å². The third-order valence-electron chi connectivity index (χ3n) is 2.76. The van der Waals surface area contributed by atoms with E-state index in [4.69, 9.17) is 11.6 Å². The van der Waals surface area contributed by atoms with Crippen molar-refractivity contribution in [3.8, 4) is 5.69 Å². The van der Waals surface area contributed by atoms with Crippen LogP contribution >= 0.6 is 11.6 Å². The fourth-order valence-corrected chi connectivity index (χ4v) is 3.56. The molecule has 0 unspecified atom stereocenters. The molecule has 0 amide bonds. The Morgan fingerprint density at radius 2 is 1.75 bits per heavy atom. The second kappa shape index (κ2) is 6.23. The van der Waals surface area contributed by atoms with Crippen LogP contribution in [0.5, 0.6) is 0 Å². The first-order chi connectivity index (χ1) is 9.81. The zero-order valence-corrected chi connectivity index (χ0v) is 13.1. The maximum absolute atomic E-state index is 5.88. The van der Waals surface area contributed by atoms with Crippen molar-refractivity contribution in [1.29, 1.82) is 0 Å². The molecule has 1 heterocycles. The number of hydrogen-bond donors (Lipinski definition) is 0. The van der Waals surface area contributed by atoms with Gasteiger partial charge >= 0.3 is 129 Å². The van der Waals surface area contributed by atoms with E-state index in [9.17, 15) is 0 Å². The quantitative estimate of drug-likeness (QED) is 0.678. The predicted molar refractivity (Wildman–Crippen MR) is 81.9 cm³/mol. The van der Waals surface area contributed by atoms with Gasteiger partial charge in [0.05, 0.1) is 0 Å². The molecule has 0 bridgehead atoms. The molecule has 3 aromatic rings. The van der Waals surface area contributed by atoms with Crippen LogP contribution in [0.3, 0.4) is 0 Å². The van der Waals surface area contributed by atoms with Gasteiger partial charge < -0.3 is 0 Å². The predicted octanol–water partition coefficient (Wildman–Crippen LogP) is 2.45. The minimum absolute atomic E-state index is 0.391. The molecule has 3 rings (SSSR count). The van der Waals surface area contributed by atoms with Crippen molar-refractivity contribution in [2.45, 2.75) is 5.32 Å². The molecule has 0 saturated heterocycles. The third-order valence-corrected chi connectivity index (χ3v) is 5.21. The molecule has 5 heteroatoms. The Labute approximate surface area is 128 Å². The summed E-state index contributed by atoms with van der Waals surface area (Å²) in [6, 6.07) is 18.1. The molecule has 20 heavy (non-hydrogen) atoms. The van der Waals surface area contributed by atoms with E-state index < -0.39 is 0 Å². The molecular weight excluding hydrogens is 337 g/mol. The first kappa shape index (κ1) is 13.4. The van der Waals surface area contributed by atoms with Crippen molar-refractivity contribution in [3.05, 3.63) is 71.5 Å². The van der Waals surface area contributed by atoms with E-state index in [1.165, 1.54) is 4.46 Å². The van der Waals surface area contributed by atoms with Crippen LogP contribution in [-0.4, -0.2) is 30.0 Å². The van der Waals surface area contributed by atoms with Crippen LogP contribution in [0.4, 0.5) is 0 Å². The topological polar surface area (TPSA) is 30.7 Å². The fourth-order valence-electron chi connectivity index (χ4n) is 1.76. The Morgan fingerprint density at radius 3 is 2.50 bits per heavy atom. The Balaban J connectivity index is 1.69. The molecule has 100 valence electrons. The van der Waals surface area contributed by atoms with Gasteiger partial charge in [0.1, 0.15) is 0 Å². The van der Waals surface area contributed by atoms with Crippen LogP contribution in [0.2, 0.25) is 5.02 Å². The molecule has 2 aromatic carbocycles. The second-order valence-electron chi connectivity index (χ2n) is 4.23. The van der Waals surface area contributed by atoms with Gasteiger partial charge in [-0.1, -0.05) is 0 Å². The van der Waals surface area contributed by atoms with Gasteiger partial charge in [0, 0.05) is 0 Å². The number of aromatic nitrogens is 3. The summed E-state index contributed by atoms with van der Waals surface area (Å²) in [5.74, 6) is 0. The summed E-state index contributed by atoms with van der Waals surface area (Å²) in [5, 5.41) is 10.1. The molecule has 0 aliphatic heterocycles. The Bertz CT molecular complexity index is 680. The number of hydrogen-bond acceptors (Lipinski definition) is 2. The molecule has 0 spiro atoms. The van der Waals surface area contributed by atoms with Gasteiger partial charge in [0.15, 0.2) is 0 Å². The molecule has 3 nitrogen and oxygen atoms in total. The molecule has 0 N–H and O–H groups in total. The number of benzene rings is 2. The van der Waals surface area contributed by atoms with Gasteiger partial charge in [-0.05, 0) is 0 Å². The van der Waals surface area contributed by atoms with Gasteiger partial charge in [0.2, 0.25) is 0 Å². The average molecular weight is 349 g/mol. The van der Waals surface area contributed by atoms with Crippen molar-refractivity contribution >= 4 is 31.0 Å². The van der Waals surface area contributed by atoms with Gasteiger partial charge in [-0.15, -0.1) is 0 Å². The summed E-state index contributed by atoms with van der Waals surface area (Å²) in [6.07, 6.45) is 1.98. The van der Waals surface area contributed by atoms with Crippen molar-refractivity contribution in [2.75, 3.05) is 0 Å². The van der Waals surface area contributed by atoms with Crippen LogP contribution in [-0.2, 0) is 5.32 Å². The van der Waals surface area contributed by atoms with Crippen molar-refractivity contribution in [2.24, 2.45) is 0 Å². The Kier molecular flexibility index (Phi) is 4.16. The Hall–Kier alpha value is -1.61. The molecule has 0 aliphatic rings. The fraction of sp³-hybridized carbons (Fsp3) is 0.0667. The van der Waals surface area contributed by atoms with E-state index in [0.717, 1.165) is 21.7 Å². The van der Waals surface area contributed by atoms with Gasteiger partial charge in [0.25, 0.3) is 0 Å². The van der Waals surface area contributed by atoms with Crippen LogP contribution in [0.25, 0.3) is 5.69 Å². The summed E-state index contributed by atoms with van der Waals surface area (Å²) < 4.78 is 3.16. The number of rotatable bonds is 4. The first-order valence-electron chi connectivity index (χ1n) is 6.16. The number of halogens is 1.